The second kappa shape index (κ2) is 15.7. The Morgan fingerprint density at radius 3 is 1.43 bits per heavy atom. The lowest BCUT2D eigenvalue weighted by molar-refractivity contribution is 0.397. The van der Waals surface area contributed by atoms with Crippen molar-refractivity contribution in [2.24, 2.45) is 11.8 Å². The topological polar surface area (TPSA) is 9.23 Å². The molecule has 0 heterocycles. The Bertz CT molecular complexity index is 225. The van der Waals surface area contributed by atoms with Gasteiger partial charge in [-0.15, -0.1) is 0 Å². The Morgan fingerprint density at radius 1 is 0.619 bits per heavy atom. The van der Waals surface area contributed by atoms with Crippen molar-refractivity contribution in [2.75, 3.05) is 0 Å². The lowest BCUT2D eigenvalue weighted by Crippen LogP contribution is -1.86. The van der Waals surface area contributed by atoms with Crippen LogP contribution < -0.4 is 0 Å². The molecule has 124 valence electrons. The van der Waals surface area contributed by atoms with Crippen LogP contribution in [-0.4, -0.2) is 0 Å². The molecule has 0 radical (unpaired) electrons. The number of hydrogen-bond donors (Lipinski definition) is 0. The summed E-state index contributed by atoms with van der Waals surface area (Å²) in [5.41, 5.74) is 0. The summed E-state index contributed by atoms with van der Waals surface area (Å²) in [6, 6.07) is 0. The summed E-state index contributed by atoms with van der Waals surface area (Å²) in [4.78, 5) is 0. The highest BCUT2D eigenvalue weighted by Crippen LogP contribution is 2.10. The number of allylic oxidation sites excluding steroid dienone is 2. The van der Waals surface area contributed by atoms with E-state index in [1.807, 2.05) is 12.5 Å². The molecule has 0 unspecified atom stereocenters. The highest BCUT2D eigenvalue weighted by Gasteiger charge is 1.93. The fourth-order valence-electron chi connectivity index (χ4n) is 2.28. The molecule has 0 fully saturated rings. The van der Waals surface area contributed by atoms with Crippen molar-refractivity contribution in [3.8, 4) is 0 Å². The third-order valence-electron chi connectivity index (χ3n) is 3.65. The van der Waals surface area contributed by atoms with Crippen LogP contribution in [0.25, 0.3) is 0 Å². The summed E-state index contributed by atoms with van der Waals surface area (Å²) in [6.07, 6.45) is 20.9. The lowest BCUT2D eigenvalue weighted by Gasteiger charge is -2.02. The zero-order valence-electron chi connectivity index (χ0n) is 14.9. The van der Waals surface area contributed by atoms with E-state index in [4.69, 9.17) is 4.74 Å². The van der Waals surface area contributed by atoms with Crippen LogP contribution in [0.1, 0.15) is 91.9 Å². The third-order valence-corrected chi connectivity index (χ3v) is 3.65. The maximum absolute atomic E-state index is 5.36. The minimum absolute atomic E-state index is 0.847. The van der Waals surface area contributed by atoms with Crippen LogP contribution in [0.5, 0.6) is 0 Å². The average Bonchev–Trinajstić information content (AvgIpc) is 2.42. The molecule has 0 atom stereocenters. The van der Waals surface area contributed by atoms with Crippen LogP contribution >= 0.6 is 0 Å². The Labute approximate surface area is 133 Å². The van der Waals surface area contributed by atoms with E-state index in [0.29, 0.717) is 0 Å². The fourth-order valence-corrected chi connectivity index (χ4v) is 2.28. The number of unbranched alkanes of at least 4 members (excludes halogenated alkanes) is 6. The van der Waals surface area contributed by atoms with E-state index < -0.39 is 0 Å². The maximum atomic E-state index is 5.36. The molecule has 0 aromatic rings. The molecule has 1 heteroatoms. The van der Waals surface area contributed by atoms with E-state index in [1.54, 1.807) is 0 Å². The van der Waals surface area contributed by atoms with E-state index in [9.17, 15) is 0 Å². The van der Waals surface area contributed by atoms with Gasteiger partial charge in [0, 0.05) is 0 Å². The molecule has 0 saturated heterocycles. The molecule has 0 aromatic carbocycles. The van der Waals surface area contributed by atoms with Gasteiger partial charge in [-0.25, -0.2) is 0 Å². The minimum Gasteiger partial charge on any atom is -0.473 e. The predicted octanol–water partition coefficient (Wildman–Crippen LogP) is 7.24. The lowest BCUT2D eigenvalue weighted by atomic mass is 10.0. The molecule has 0 spiro atoms. The molecule has 0 amide bonds. The van der Waals surface area contributed by atoms with E-state index in [0.717, 1.165) is 24.7 Å². The molecular weight excluding hydrogens is 256 g/mol. The second-order valence-corrected chi connectivity index (χ2v) is 6.94. The molecule has 0 aliphatic rings. The van der Waals surface area contributed by atoms with E-state index >= 15 is 0 Å². The van der Waals surface area contributed by atoms with Gasteiger partial charge >= 0.3 is 0 Å². The molecule has 21 heavy (non-hydrogen) atoms. The fraction of sp³-hybridized carbons (Fsp3) is 0.800. The summed E-state index contributed by atoms with van der Waals surface area (Å²) >= 11 is 0. The first kappa shape index (κ1) is 20.3. The standard InChI is InChI=1S/C20H38O/c1-19(2)15-11-7-5-9-13-17-21-18-14-10-6-8-12-16-20(3)4/h13-14,17-20H,5-12,15-16H2,1-4H3. The molecule has 1 nitrogen and oxygen atoms in total. The summed E-state index contributed by atoms with van der Waals surface area (Å²) in [7, 11) is 0. The van der Waals surface area contributed by atoms with Gasteiger partial charge in [0.2, 0.25) is 0 Å². The quantitative estimate of drug-likeness (QED) is 0.242. The Balaban J connectivity index is 3.21. The Hall–Kier alpha value is -0.720. The minimum atomic E-state index is 0.847. The van der Waals surface area contributed by atoms with Gasteiger partial charge in [-0.05, 0) is 49.7 Å². The first-order valence-electron chi connectivity index (χ1n) is 9.08. The van der Waals surface area contributed by atoms with Gasteiger partial charge in [0.25, 0.3) is 0 Å². The highest BCUT2D eigenvalue weighted by molar-refractivity contribution is 4.79. The van der Waals surface area contributed by atoms with Gasteiger partial charge in [0.15, 0.2) is 0 Å². The van der Waals surface area contributed by atoms with Crippen LogP contribution in [0.3, 0.4) is 0 Å². The van der Waals surface area contributed by atoms with Crippen molar-refractivity contribution >= 4 is 0 Å². The number of rotatable bonds is 14. The van der Waals surface area contributed by atoms with Crippen LogP contribution in [0.15, 0.2) is 24.7 Å². The molecule has 0 bridgehead atoms. The van der Waals surface area contributed by atoms with E-state index in [2.05, 4.69) is 39.8 Å². The van der Waals surface area contributed by atoms with Gasteiger partial charge in [0.1, 0.15) is 0 Å². The largest absolute Gasteiger partial charge is 0.473 e. The first-order chi connectivity index (χ1) is 10.1. The van der Waals surface area contributed by atoms with E-state index in [-0.39, 0.29) is 0 Å². The van der Waals surface area contributed by atoms with Crippen LogP contribution in [0.4, 0.5) is 0 Å². The van der Waals surface area contributed by atoms with Crippen LogP contribution in [0.2, 0.25) is 0 Å². The number of hydrogen-bond acceptors (Lipinski definition) is 1. The highest BCUT2D eigenvalue weighted by atomic mass is 16.5. The third kappa shape index (κ3) is 19.3. The SMILES string of the molecule is CC(C)CCCCCC=COC=CCCCCCC(C)C. The van der Waals surface area contributed by atoms with Crippen molar-refractivity contribution in [3.05, 3.63) is 24.7 Å². The van der Waals surface area contributed by atoms with Gasteiger partial charge in [-0.3, -0.25) is 0 Å². The van der Waals surface area contributed by atoms with Crippen molar-refractivity contribution in [1.82, 2.24) is 0 Å². The molecule has 0 rings (SSSR count). The first-order valence-corrected chi connectivity index (χ1v) is 9.08. The van der Waals surface area contributed by atoms with E-state index in [1.165, 1.54) is 51.4 Å². The summed E-state index contributed by atoms with van der Waals surface area (Å²) in [6.45, 7) is 9.18. The second-order valence-electron chi connectivity index (χ2n) is 6.94. The number of ether oxygens (including phenoxy) is 1. The molecule has 0 aromatic heterocycles. The van der Waals surface area contributed by atoms with Crippen LogP contribution in [-0.2, 0) is 4.74 Å². The van der Waals surface area contributed by atoms with Crippen molar-refractivity contribution in [2.45, 2.75) is 91.9 Å². The normalized spacial score (nSPS) is 12.3. The monoisotopic (exact) mass is 294 g/mol. The Morgan fingerprint density at radius 2 is 1.05 bits per heavy atom. The maximum Gasteiger partial charge on any atom is 0.0861 e. The van der Waals surface area contributed by atoms with Crippen molar-refractivity contribution < 1.29 is 4.74 Å². The Kier molecular flexibility index (Phi) is 15.1. The van der Waals surface area contributed by atoms with Crippen LogP contribution in [0, 0.1) is 11.8 Å². The predicted molar refractivity (Wildman–Crippen MR) is 95.2 cm³/mol. The van der Waals surface area contributed by atoms with Gasteiger partial charge < -0.3 is 4.74 Å². The average molecular weight is 295 g/mol. The van der Waals surface area contributed by atoms with Gasteiger partial charge in [0.05, 0.1) is 12.5 Å². The molecular formula is C20H38O. The summed E-state index contributed by atoms with van der Waals surface area (Å²) in [5.74, 6) is 1.69. The zero-order chi connectivity index (χ0) is 15.8. The molecule has 0 aliphatic heterocycles. The smallest absolute Gasteiger partial charge is 0.0861 e. The van der Waals surface area contributed by atoms with Crippen molar-refractivity contribution in [1.29, 1.82) is 0 Å². The summed E-state index contributed by atoms with van der Waals surface area (Å²) in [5, 5.41) is 0. The van der Waals surface area contributed by atoms with Gasteiger partial charge in [-0.1, -0.05) is 66.2 Å². The summed E-state index contributed by atoms with van der Waals surface area (Å²) < 4.78 is 5.36. The van der Waals surface area contributed by atoms with Gasteiger partial charge in [-0.2, -0.15) is 0 Å². The zero-order valence-corrected chi connectivity index (χ0v) is 14.9. The molecule has 0 aliphatic carbocycles. The molecule has 0 N–H and O–H groups in total. The molecule has 0 saturated carbocycles. The van der Waals surface area contributed by atoms with Crippen molar-refractivity contribution in [3.63, 3.8) is 0 Å².